The first-order valence-corrected chi connectivity index (χ1v) is 4.60. The Morgan fingerprint density at radius 1 is 1.25 bits per heavy atom. The van der Waals surface area contributed by atoms with Gasteiger partial charge in [0.25, 0.3) is 5.91 Å². The molecule has 6 nitrogen and oxygen atoms in total. The molecule has 0 heterocycles. The Morgan fingerprint density at radius 3 is 2.44 bits per heavy atom. The summed E-state index contributed by atoms with van der Waals surface area (Å²) in [7, 11) is 0. The highest BCUT2D eigenvalue weighted by Crippen LogP contribution is 2.25. The van der Waals surface area contributed by atoms with E-state index in [1.165, 1.54) is 12.1 Å². The lowest BCUT2D eigenvalue weighted by atomic mass is 10.2. The molecule has 0 saturated carbocycles. The van der Waals surface area contributed by atoms with Crippen LogP contribution in [0.15, 0.2) is 24.3 Å². The van der Waals surface area contributed by atoms with Gasteiger partial charge < -0.3 is 10.8 Å². The summed E-state index contributed by atoms with van der Waals surface area (Å²) in [6.45, 7) is 0. The Morgan fingerprint density at radius 2 is 1.88 bits per heavy atom. The third-order valence-electron chi connectivity index (χ3n) is 1.93. The first kappa shape index (κ1) is 12.0. The molecule has 0 aliphatic carbocycles. The molecule has 1 aromatic rings. The fourth-order valence-electron chi connectivity index (χ4n) is 1.11. The minimum atomic E-state index is -0.708. The third kappa shape index (κ3) is 2.96. The van der Waals surface area contributed by atoms with Crippen LogP contribution in [0.1, 0.15) is 12.8 Å². The average Bonchev–Trinajstić information content (AvgIpc) is 2.25. The summed E-state index contributed by atoms with van der Waals surface area (Å²) in [6.07, 6.45) is -0.357. The Bertz CT molecular complexity index is 406. The van der Waals surface area contributed by atoms with Crippen LogP contribution in [0.3, 0.4) is 0 Å². The molecule has 0 radical (unpaired) electrons. The molecule has 0 aliphatic heterocycles. The topological polar surface area (TPSA) is 104 Å². The fourth-order valence-corrected chi connectivity index (χ4v) is 1.11. The van der Waals surface area contributed by atoms with Gasteiger partial charge in [0, 0.05) is 12.8 Å². The van der Waals surface area contributed by atoms with E-state index in [1.54, 1.807) is 12.1 Å². The van der Waals surface area contributed by atoms with Crippen LogP contribution in [0, 0.1) is 0 Å². The van der Waals surface area contributed by atoms with Crippen molar-refractivity contribution in [3.63, 3.8) is 0 Å². The van der Waals surface area contributed by atoms with Gasteiger partial charge >= 0.3 is 0 Å². The minimum Gasteiger partial charge on any atom is -0.506 e. The van der Waals surface area contributed by atoms with E-state index in [0.29, 0.717) is 5.06 Å². The molecule has 1 rings (SSSR count). The number of phenolic OH excluding ortho intramolecular Hbond substituents is 1. The van der Waals surface area contributed by atoms with Crippen molar-refractivity contribution < 1.29 is 19.9 Å². The number of amides is 2. The SMILES string of the molecule is NC(=O)CCC(=O)N(O)c1ccccc1O. The minimum absolute atomic E-state index is 0.0306. The van der Waals surface area contributed by atoms with Gasteiger partial charge in [-0.1, -0.05) is 12.1 Å². The number of para-hydroxylation sites is 2. The molecule has 4 N–H and O–H groups in total. The number of nitrogens with two attached hydrogens (primary N) is 1. The van der Waals surface area contributed by atoms with E-state index in [2.05, 4.69) is 0 Å². The van der Waals surface area contributed by atoms with Gasteiger partial charge in [0.15, 0.2) is 0 Å². The van der Waals surface area contributed by atoms with Crippen LogP contribution in [0.4, 0.5) is 5.69 Å². The third-order valence-corrected chi connectivity index (χ3v) is 1.93. The van der Waals surface area contributed by atoms with Crippen molar-refractivity contribution in [2.24, 2.45) is 5.73 Å². The standard InChI is InChI=1S/C10H12N2O4/c11-9(14)5-6-10(15)12(16)7-3-1-2-4-8(7)13/h1-4,13,16H,5-6H2,(H2,11,14). The van der Waals surface area contributed by atoms with Gasteiger partial charge in [0.05, 0.1) is 0 Å². The lowest BCUT2D eigenvalue weighted by Gasteiger charge is -2.15. The van der Waals surface area contributed by atoms with Crippen molar-refractivity contribution in [3.8, 4) is 5.75 Å². The molecule has 86 valence electrons. The van der Waals surface area contributed by atoms with Crippen LogP contribution in [0.25, 0.3) is 0 Å². The number of phenols is 1. The van der Waals surface area contributed by atoms with Gasteiger partial charge in [-0.3, -0.25) is 14.8 Å². The van der Waals surface area contributed by atoms with E-state index in [9.17, 15) is 19.9 Å². The van der Waals surface area contributed by atoms with Crippen LogP contribution < -0.4 is 10.8 Å². The van der Waals surface area contributed by atoms with Crippen molar-refractivity contribution in [1.29, 1.82) is 0 Å². The van der Waals surface area contributed by atoms with Crippen molar-refractivity contribution in [2.75, 3.05) is 5.06 Å². The van der Waals surface area contributed by atoms with Crippen molar-refractivity contribution >= 4 is 17.5 Å². The summed E-state index contributed by atoms with van der Waals surface area (Å²) in [5.74, 6) is -1.56. The van der Waals surface area contributed by atoms with Gasteiger partial charge in [0.1, 0.15) is 11.4 Å². The number of aromatic hydroxyl groups is 1. The van der Waals surface area contributed by atoms with Crippen LogP contribution in [-0.2, 0) is 9.59 Å². The molecule has 2 amide bonds. The highest BCUT2D eigenvalue weighted by molar-refractivity contribution is 5.94. The number of nitrogens with zero attached hydrogens (tertiary/aromatic N) is 1. The number of anilines is 1. The number of rotatable bonds is 4. The molecular weight excluding hydrogens is 212 g/mol. The smallest absolute Gasteiger partial charge is 0.251 e. The largest absolute Gasteiger partial charge is 0.506 e. The molecule has 0 fully saturated rings. The Kier molecular flexibility index (Phi) is 3.84. The molecule has 0 saturated heterocycles. The fraction of sp³-hybridized carbons (Fsp3) is 0.200. The molecular formula is C10H12N2O4. The predicted molar refractivity (Wildman–Crippen MR) is 55.8 cm³/mol. The quantitative estimate of drug-likeness (QED) is 0.508. The predicted octanol–water partition coefficient (Wildman–Crippen LogP) is 0.380. The number of hydrogen-bond donors (Lipinski definition) is 3. The highest BCUT2D eigenvalue weighted by atomic mass is 16.5. The van der Waals surface area contributed by atoms with E-state index in [0.717, 1.165) is 0 Å². The average molecular weight is 224 g/mol. The Hall–Kier alpha value is -2.08. The monoisotopic (exact) mass is 224 g/mol. The number of hydrogen-bond acceptors (Lipinski definition) is 4. The molecule has 16 heavy (non-hydrogen) atoms. The molecule has 0 aliphatic rings. The maximum Gasteiger partial charge on any atom is 0.251 e. The van der Waals surface area contributed by atoms with Gasteiger partial charge in [0.2, 0.25) is 5.91 Å². The summed E-state index contributed by atoms with van der Waals surface area (Å²) < 4.78 is 0. The lowest BCUT2D eigenvalue weighted by Crippen LogP contribution is -2.28. The van der Waals surface area contributed by atoms with Gasteiger partial charge in [-0.15, -0.1) is 0 Å². The summed E-state index contributed by atoms with van der Waals surface area (Å²) in [6, 6.07) is 5.82. The second kappa shape index (κ2) is 5.13. The molecule has 1 aromatic carbocycles. The van der Waals surface area contributed by atoms with Crippen LogP contribution in [0.5, 0.6) is 5.75 Å². The summed E-state index contributed by atoms with van der Waals surface area (Å²) in [4.78, 5) is 21.8. The summed E-state index contributed by atoms with van der Waals surface area (Å²) in [5, 5.41) is 19.1. The number of hydroxylamine groups is 1. The second-order valence-electron chi connectivity index (χ2n) is 3.16. The maximum atomic E-state index is 11.4. The number of benzene rings is 1. The van der Waals surface area contributed by atoms with Crippen LogP contribution >= 0.6 is 0 Å². The van der Waals surface area contributed by atoms with Crippen molar-refractivity contribution in [2.45, 2.75) is 12.8 Å². The Balaban J connectivity index is 2.71. The molecule has 0 unspecified atom stereocenters. The van der Waals surface area contributed by atoms with E-state index in [4.69, 9.17) is 5.73 Å². The zero-order valence-electron chi connectivity index (χ0n) is 8.46. The maximum absolute atomic E-state index is 11.4. The Labute approximate surface area is 91.9 Å². The van der Waals surface area contributed by atoms with Gasteiger partial charge in [-0.05, 0) is 12.1 Å². The molecule has 0 spiro atoms. The molecule has 0 bridgehead atoms. The van der Waals surface area contributed by atoms with Crippen LogP contribution in [0.2, 0.25) is 0 Å². The van der Waals surface area contributed by atoms with E-state index in [-0.39, 0.29) is 24.3 Å². The van der Waals surface area contributed by atoms with Crippen molar-refractivity contribution in [1.82, 2.24) is 0 Å². The number of carbonyl (C=O) groups is 2. The van der Waals surface area contributed by atoms with Gasteiger partial charge in [-0.2, -0.15) is 5.06 Å². The number of primary amides is 1. The summed E-state index contributed by atoms with van der Waals surface area (Å²) >= 11 is 0. The summed E-state index contributed by atoms with van der Waals surface area (Å²) in [5.41, 5.74) is 4.84. The first-order valence-electron chi connectivity index (χ1n) is 4.60. The zero-order valence-corrected chi connectivity index (χ0v) is 8.46. The second-order valence-corrected chi connectivity index (χ2v) is 3.16. The molecule has 6 heteroatoms. The molecule has 0 aromatic heterocycles. The molecule has 0 atom stereocenters. The van der Waals surface area contributed by atoms with E-state index >= 15 is 0 Å². The zero-order chi connectivity index (χ0) is 12.1. The normalized spacial score (nSPS) is 9.81. The van der Waals surface area contributed by atoms with Gasteiger partial charge in [-0.25, -0.2) is 0 Å². The van der Waals surface area contributed by atoms with E-state index < -0.39 is 11.8 Å². The van der Waals surface area contributed by atoms with E-state index in [1.807, 2.05) is 0 Å². The van der Waals surface area contributed by atoms with Crippen molar-refractivity contribution in [3.05, 3.63) is 24.3 Å². The number of carbonyl (C=O) groups excluding carboxylic acids is 2. The van der Waals surface area contributed by atoms with Crippen LogP contribution in [-0.4, -0.2) is 22.1 Å². The first-order chi connectivity index (χ1) is 7.52. The highest BCUT2D eigenvalue weighted by Gasteiger charge is 2.16. The lowest BCUT2D eigenvalue weighted by molar-refractivity contribution is -0.126.